The number of benzene rings is 1. The van der Waals surface area contributed by atoms with Crippen molar-refractivity contribution in [3.63, 3.8) is 0 Å². The Hall–Kier alpha value is -2.19. The van der Waals surface area contributed by atoms with E-state index in [-0.39, 0.29) is 5.56 Å². The molecule has 0 amide bonds. The van der Waals surface area contributed by atoms with Gasteiger partial charge in [0.15, 0.2) is 5.79 Å². The molecule has 1 aromatic carbocycles. The van der Waals surface area contributed by atoms with Crippen molar-refractivity contribution in [2.45, 2.75) is 63.8 Å². The highest BCUT2D eigenvalue weighted by Gasteiger charge is 2.43. The fourth-order valence-electron chi connectivity index (χ4n) is 3.19. The second-order valence-corrected chi connectivity index (χ2v) is 7.54. The summed E-state index contributed by atoms with van der Waals surface area (Å²) < 4.78 is 16.9. The van der Waals surface area contributed by atoms with Crippen molar-refractivity contribution in [1.82, 2.24) is 0 Å². The molecule has 29 heavy (non-hydrogen) atoms. The summed E-state index contributed by atoms with van der Waals surface area (Å²) in [7, 11) is 1.52. The molecule has 7 heteroatoms. The summed E-state index contributed by atoms with van der Waals surface area (Å²) in [6.07, 6.45) is 5.31. The van der Waals surface area contributed by atoms with Crippen molar-refractivity contribution in [3.05, 3.63) is 47.6 Å². The van der Waals surface area contributed by atoms with E-state index in [9.17, 15) is 20.1 Å². The van der Waals surface area contributed by atoms with Gasteiger partial charge in [-0.15, -0.1) is 0 Å². The third-order valence-electron chi connectivity index (χ3n) is 4.52. The largest absolute Gasteiger partial charge is 0.497 e. The van der Waals surface area contributed by atoms with Gasteiger partial charge in [-0.05, 0) is 57.4 Å². The average Bonchev–Trinajstić information content (AvgIpc) is 2.95. The normalized spacial score (nSPS) is 23.5. The van der Waals surface area contributed by atoms with Crippen LogP contribution in [0.25, 0.3) is 6.08 Å². The van der Waals surface area contributed by atoms with E-state index in [2.05, 4.69) is 0 Å². The molecule has 0 bridgehead atoms. The SMILES string of the molecule is COc1ccc(C(=O)O)c(/C=C/C[C@H]2OC(C)(C)O[C@@H]2C(O)/C=C\C[C@H](C)O)c1. The molecule has 0 spiro atoms. The Morgan fingerprint density at radius 1 is 1.28 bits per heavy atom. The van der Waals surface area contributed by atoms with E-state index in [1.165, 1.54) is 13.2 Å². The zero-order chi connectivity index (χ0) is 21.6. The highest BCUT2D eigenvalue weighted by atomic mass is 16.8. The first kappa shape index (κ1) is 23.1. The number of aliphatic hydroxyl groups is 2. The molecule has 1 saturated heterocycles. The summed E-state index contributed by atoms with van der Waals surface area (Å²) in [4.78, 5) is 11.4. The van der Waals surface area contributed by atoms with E-state index in [1.54, 1.807) is 57.2 Å². The fourth-order valence-corrected chi connectivity index (χ4v) is 3.19. The molecule has 0 saturated carbocycles. The van der Waals surface area contributed by atoms with Crippen LogP contribution >= 0.6 is 0 Å². The minimum absolute atomic E-state index is 0.170. The summed E-state index contributed by atoms with van der Waals surface area (Å²) in [6.45, 7) is 5.23. The summed E-state index contributed by atoms with van der Waals surface area (Å²) in [5.74, 6) is -1.30. The van der Waals surface area contributed by atoms with Crippen molar-refractivity contribution in [2.24, 2.45) is 0 Å². The number of methoxy groups -OCH3 is 1. The maximum absolute atomic E-state index is 11.4. The van der Waals surface area contributed by atoms with Gasteiger partial charge in [0.05, 0.1) is 24.9 Å². The number of ether oxygens (including phenoxy) is 3. The summed E-state index contributed by atoms with van der Waals surface area (Å²) in [5.41, 5.74) is 0.688. The van der Waals surface area contributed by atoms with Crippen LogP contribution in [-0.4, -0.2) is 58.6 Å². The second-order valence-electron chi connectivity index (χ2n) is 7.54. The molecule has 3 N–H and O–H groups in total. The summed E-state index contributed by atoms with van der Waals surface area (Å²) in [6, 6.07) is 4.75. The number of aliphatic hydroxyl groups excluding tert-OH is 2. The van der Waals surface area contributed by atoms with Gasteiger partial charge in [0.2, 0.25) is 0 Å². The molecule has 1 aliphatic rings. The van der Waals surface area contributed by atoms with Crippen LogP contribution in [0.4, 0.5) is 0 Å². The lowest BCUT2D eigenvalue weighted by atomic mass is 10.0. The van der Waals surface area contributed by atoms with Crippen LogP contribution < -0.4 is 4.74 Å². The summed E-state index contributed by atoms with van der Waals surface area (Å²) >= 11 is 0. The molecule has 2 rings (SSSR count). The number of hydrogen-bond donors (Lipinski definition) is 3. The van der Waals surface area contributed by atoms with E-state index >= 15 is 0 Å². The average molecular weight is 406 g/mol. The van der Waals surface area contributed by atoms with Crippen LogP contribution in [-0.2, 0) is 9.47 Å². The molecule has 1 aliphatic heterocycles. The van der Waals surface area contributed by atoms with Crippen molar-refractivity contribution < 1.29 is 34.3 Å². The van der Waals surface area contributed by atoms with E-state index in [0.29, 0.717) is 24.2 Å². The predicted octanol–water partition coefficient (Wildman–Crippen LogP) is 3.00. The van der Waals surface area contributed by atoms with E-state index in [0.717, 1.165) is 0 Å². The lowest BCUT2D eigenvalue weighted by Gasteiger charge is -2.19. The highest BCUT2D eigenvalue weighted by Crippen LogP contribution is 2.32. The maximum Gasteiger partial charge on any atom is 0.336 e. The first-order chi connectivity index (χ1) is 13.6. The van der Waals surface area contributed by atoms with Crippen molar-refractivity contribution >= 4 is 12.0 Å². The van der Waals surface area contributed by atoms with E-state index in [1.807, 2.05) is 0 Å². The van der Waals surface area contributed by atoms with Crippen LogP contribution in [0.15, 0.2) is 36.4 Å². The molecule has 1 unspecified atom stereocenters. The minimum atomic E-state index is -1.02. The fraction of sp³-hybridized carbons (Fsp3) is 0.500. The maximum atomic E-state index is 11.4. The van der Waals surface area contributed by atoms with Crippen molar-refractivity contribution in [1.29, 1.82) is 0 Å². The number of hydrogen-bond acceptors (Lipinski definition) is 6. The third-order valence-corrected chi connectivity index (χ3v) is 4.52. The molecule has 0 aromatic heterocycles. The summed E-state index contributed by atoms with van der Waals surface area (Å²) in [5, 5.41) is 29.2. The van der Waals surface area contributed by atoms with Gasteiger partial charge in [-0.25, -0.2) is 4.79 Å². The number of carbonyl (C=O) groups is 1. The standard InChI is InChI=1S/C22H30O7/c1-14(23)7-5-9-18(24)20-19(28-22(2,3)29-20)10-6-8-15-13-16(27-4)11-12-17(15)21(25)26/h5-6,8-9,11-14,18-20,23-24H,7,10H2,1-4H3,(H,25,26)/b8-6+,9-5-/t14-,18?,19+,20+/m0/s1. The number of aromatic carboxylic acids is 1. The molecule has 1 fully saturated rings. The molecule has 1 heterocycles. The van der Waals surface area contributed by atoms with Crippen LogP contribution in [0.2, 0.25) is 0 Å². The predicted molar refractivity (Wildman–Crippen MR) is 109 cm³/mol. The van der Waals surface area contributed by atoms with Crippen molar-refractivity contribution in [3.8, 4) is 5.75 Å². The zero-order valence-electron chi connectivity index (χ0n) is 17.2. The van der Waals surface area contributed by atoms with Gasteiger partial charge in [0, 0.05) is 0 Å². The third kappa shape index (κ3) is 6.68. The van der Waals surface area contributed by atoms with Gasteiger partial charge in [-0.1, -0.05) is 24.3 Å². The van der Waals surface area contributed by atoms with E-state index in [4.69, 9.17) is 14.2 Å². The molecule has 0 aliphatic carbocycles. The molecular formula is C22H30O7. The Labute approximate surface area is 171 Å². The van der Waals surface area contributed by atoms with Gasteiger partial charge < -0.3 is 29.5 Å². The van der Waals surface area contributed by atoms with E-state index < -0.39 is 36.2 Å². The first-order valence-electron chi connectivity index (χ1n) is 9.59. The van der Waals surface area contributed by atoms with Crippen molar-refractivity contribution in [2.75, 3.05) is 7.11 Å². The molecule has 4 atom stereocenters. The van der Waals surface area contributed by atoms with Gasteiger partial charge >= 0.3 is 5.97 Å². The number of carboxylic acids is 1. The second kappa shape index (κ2) is 10.0. The highest BCUT2D eigenvalue weighted by molar-refractivity contribution is 5.92. The van der Waals surface area contributed by atoms with Crippen LogP contribution in [0, 0.1) is 0 Å². The van der Waals surface area contributed by atoms with Gasteiger partial charge in [-0.2, -0.15) is 0 Å². The number of rotatable bonds is 9. The number of carboxylic acid groups (broad SMARTS) is 1. The molecule has 7 nitrogen and oxygen atoms in total. The lowest BCUT2D eigenvalue weighted by molar-refractivity contribution is -0.152. The zero-order valence-corrected chi connectivity index (χ0v) is 17.2. The molecule has 160 valence electrons. The van der Waals surface area contributed by atoms with Gasteiger partial charge in [0.25, 0.3) is 0 Å². The first-order valence-corrected chi connectivity index (χ1v) is 9.59. The quantitative estimate of drug-likeness (QED) is 0.541. The minimum Gasteiger partial charge on any atom is -0.497 e. The van der Waals surface area contributed by atoms with Crippen LogP contribution in [0.1, 0.15) is 49.5 Å². The Morgan fingerprint density at radius 2 is 2.00 bits per heavy atom. The monoisotopic (exact) mass is 406 g/mol. The van der Waals surface area contributed by atoms with Gasteiger partial charge in [0.1, 0.15) is 18.0 Å². The van der Waals surface area contributed by atoms with Crippen LogP contribution in [0.5, 0.6) is 5.75 Å². The Balaban J connectivity index is 2.12. The van der Waals surface area contributed by atoms with Crippen LogP contribution in [0.3, 0.4) is 0 Å². The smallest absolute Gasteiger partial charge is 0.336 e. The Bertz CT molecular complexity index is 752. The lowest BCUT2D eigenvalue weighted by Crippen LogP contribution is -2.34. The van der Waals surface area contributed by atoms with Gasteiger partial charge in [-0.3, -0.25) is 0 Å². The molecule has 1 aromatic rings. The topological polar surface area (TPSA) is 105 Å². The molecule has 0 radical (unpaired) electrons. The Kier molecular flexibility index (Phi) is 7.98. The molecular weight excluding hydrogens is 376 g/mol. The Morgan fingerprint density at radius 3 is 2.62 bits per heavy atom.